The van der Waals surface area contributed by atoms with E-state index < -0.39 is 0 Å². The summed E-state index contributed by atoms with van der Waals surface area (Å²) in [6.45, 7) is 4.37. The molecule has 0 aliphatic carbocycles. The van der Waals surface area contributed by atoms with Gasteiger partial charge < -0.3 is 4.74 Å². The van der Waals surface area contributed by atoms with Crippen molar-refractivity contribution in [1.29, 1.82) is 0 Å². The zero-order valence-electron chi connectivity index (χ0n) is 10.6. The molecule has 1 aromatic rings. The first kappa shape index (κ1) is 12.5. The summed E-state index contributed by atoms with van der Waals surface area (Å²) < 4.78 is 5.48. The van der Waals surface area contributed by atoms with Crippen molar-refractivity contribution in [2.75, 3.05) is 26.3 Å². The fourth-order valence-electron chi connectivity index (χ4n) is 2.72. The maximum absolute atomic E-state index is 5.48. The molecule has 18 heavy (non-hydrogen) atoms. The van der Waals surface area contributed by atoms with Gasteiger partial charge in [-0.1, -0.05) is 6.07 Å². The molecule has 0 amide bonds. The van der Waals surface area contributed by atoms with Gasteiger partial charge in [0.1, 0.15) is 0 Å². The van der Waals surface area contributed by atoms with Gasteiger partial charge in [-0.2, -0.15) is 11.8 Å². The standard InChI is InChI=1S/C14H20N2OS/c1-2-6-15-12(3-1)11-18-14-4-7-16(9-14)13-5-8-17-10-13/h1-3,6,13-14H,4-5,7-11H2/t13?,14-/m1/s1. The van der Waals surface area contributed by atoms with Crippen molar-refractivity contribution in [3.63, 3.8) is 0 Å². The highest BCUT2D eigenvalue weighted by Gasteiger charge is 2.30. The van der Waals surface area contributed by atoms with Crippen LogP contribution in [0.15, 0.2) is 24.4 Å². The molecule has 2 aliphatic rings. The summed E-state index contributed by atoms with van der Waals surface area (Å²) in [4.78, 5) is 7.00. The number of rotatable bonds is 4. The van der Waals surface area contributed by atoms with Crippen LogP contribution >= 0.6 is 11.8 Å². The molecule has 0 N–H and O–H groups in total. The Labute approximate surface area is 113 Å². The minimum absolute atomic E-state index is 0.686. The van der Waals surface area contributed by atoms with Crippen LogP contribution in [0.25, 0.3) is 0 Å². The molecule has 0 spiro atoms. The largest absolute Gasteiger partial charge is 0.380 e. The number of nitrogens with zero attached hydrogens (tertiary/aromatic N) is 2. The third-order valence-corrected chi connectivity index (χ3v) is 5.11. The fraction of sp³-hybridized carbons (Fsp3) is 0.643. The predicted octanol–water partition coefficient (Wildman–Crippen LogP) is 2.18. The molecule has 98 valence electrons. The van der Waals surface area contributed by atoms with E-state index in [4.69, 9.17) is 4.74 Å². The summed E-state index contributed by atoms with van der Waals surface area (Å²) in [6, 6.07) is 6.85. The molecule has 3 rings (SSSR count). The van der Waals surface area contributed by atoms with Crippen molar-refractivity contribution in [3.8, 4) is 0 Å². The minimum Gasteiger partial charge on any atom is -0.380 e. The monoisotopic (exact) mass is 264 g/mol. The summed E-state index contributed by atoms with van der Waals surface area (Å²) in [6.07, 6.45) is 4.42. The Balaban J connectivity index is 1.45. The van der Waals surface area contributed by atoms with E-state index in [2.05, 4.69) is 33.8 Å². The predicted molar refractivity (Wildman–Crippen MR) is 74.7 cm³/mol. The van der Waals surface area contributed by atoms with Crippen LogP contribution in [0.1, 0.15) is 18.5 Å². The zero-order chi connectivity index (χ0) is 12.2. The van der Waals surface area contributed by atoms with Crippen LogP contribution in [0.5, 0.6) is 0 Å². The lowest BCUT2D eigenvalue weighted by molar-refractivity contribution is 0.159. The molecule has 2 saturated heterocycles. The van der Waals surface area contributed by atoms with Gasteiger partial charge in [0.05, 0.1) is 12.3 Å². The quantitative estimate of drug-likeness (QED) is 0.832. The zero-order valence-corrected chi connectivity index (χ0v) is 11.4. The first-order chi connectivity index (χ1) is 8.92. The first-order valence-electron chi connectivity index (χ1n) is 6.75. The van der Waals surface area contributed by atoms with Crippen LogP contribution in [-0.4, -0.2) is 47.5 Å². The van der Waals surface area contributed by atoms with Crippen molar-refractivity contribution in [3.05, 3.63) is 30.1 Å². The second-order valence-corrected chi connectivity index (χ2v) is 6.34. The van der Waals surface area contributed by atoms with Crippen LogP contribution in [0.2, 0.25) is 0 Å². The number of thioether (sulfide) groups is 1. The second-order valence-electron chi connectivity index (χ2n) is 5.06. The first-order valence-corrected chi connectivity index (χ1v) is 7.80. The van der Waals surface area contributed by atoms with Gasteiger partial charge in [-0.3, -0.25) is 9.88 Å². The van der Waals surface area contributed by atoms with Gasteiger partial charge in [0.25, 0.3) is 0 Å². The number of pyridine rings is 1. The number of hydrogen-bond acceptors (Lipinski definition) is 4. The van der Waals surface area contributed by atoms with Crippen LogP contribution in [0.3, 0.4) is 0 Å². The van der Waals surface area contributed by atoms with Crippen molar-refractivity contribution in [2.45, 2.75) is 29.9 Å². The Morgan fingerprint density at radius 2 is 2.39 bits per heavy atom. The number of ether oxygens (including phenoxy) is 1. The molecule has 2 aliphatic heterocycles. The molecule has 3 nitrogen and oxygen atoms in total. The Kier molecular flexibility index (Phi) is 4.18. The van der Waals surface area contributed by atoms with Crippen LogP contribution in [0, 0.1) is 0 Å². The Bertz CT molecular complexity index is 367. The van der Waals surface area contributed by atoms with E-state index in [1.807, 2.05) is 12.3 Å². The lowest BCUT2D eigenvalue weighted by Crippen LogP contribution is -2.33. The van der Waals surface area contributed by atoms with Gasteiger partial charge in [0, 0.05) is 36.4 Å². The Morgan fingerprint density at radius 1 is 1.39 bits per heavy atom. The van der Waals surface area contributed by atoms with E-state index >= 15 is 0 Å². The molecule has 3 heterocycles. The van der Waals surface area contributed by atoms with Crippen LogP contribution < -0.4 is 0 Å². The van der Waals surface area contributed by atoms with Gasteiger partial charge in [0.2, 0.25) is 0 Å². The van der Waals surface area contributed by atoms with Gasteiger partial charge >= 0.3 is 0 Å². The number of aromatic nitrogens is 1. The van der Waals surface area contributed by atoms with Crippen molar-refractivity contribution in [2.24, 2.45) is 0 Å². The van der Waals surface area contributed by atoms with Gasteiger partial charge in [0.15, 0.2) is 0 Å². The third kappa shape index (κ3) is 3.05. The van der Waals surface area contributed by atoms with Crippen molar-refractivity contribution < 1.29 is 4.74 Å². The van der Waals surface area contributed by atoms with Gasteiger partial charge in [-0.05, 0) is 31.5 Å². The highest BCUT2D eigenvalue weighted by molar-refractivity contribution is 7.99. The molecule has 0 saturated carbocycles. The maximum atomic E-state index is 5.48. The lowest BCUT2D eigenvalue weighted by Gasteiger charge is -2.21. The molecule has 2 atom stereocenters. The van der Waals surface area contributed by atoms with E-state index in [-0.39, 0.29) is 0 Å². The highest BCUT2D eigenvalue weighted by atomic mass is 32.2. The topological polar surface area (TPSA) is 25.4 Å². The Morgan fingerprint density at radius 3 is 3.17 bits per heavy atom. The van der Waals surface area contributed by atoms with Crippen molar-refractivity contribution >= 4 is 11.8 Å². The summed E-state index contributed by atoms with van der Waals surface area (Å²) in [5.41, 5.74) is 1.20. The highest BCUT2D eigenvalue weighted by Crippen LogP contribution is 2.28. The van der Waals surface area contributed by atoms with E-state index in [0.29, 0.717) is 6.04 Å². The normalized spacial score (nSPS) is 28.9. The smallest absolute Gasteiger partial charge is 0.0622 e. The Hall–Kier alpha value is -0.580. The van der Waals surface area contributed by atoms with Gasteiger partial charge in [-0.25, -0.2) is 0 Å². The van der Waals surface area contributed by atoms with Crippen LogP contribution in [0.4, 0.5) is 0 Å². The molecule has 1 aromatic heterocycles. The summed E-state index contributed by atoms with van der Waals surface area (Å²) in [5, 5.41) is 0.771. The van der Waals surface area contributed by atoms with Gasteiger partial charge in [-0.15, -0.1) is 0 Å². The summed E-state index contributed by atoms with van der Waals surface area (Å²) >= 11 is 2.05. The molecule has 1 unspecified atom stereocenters. The van der Waals surface area contributed by atoms with E-state index in [0.717, 1.165) is 24.2 Å². The fourth-order valence-corrected chi connectivity index (χ4v) is 3.86. The molecular formula is C14H20N2OS. The van der Waals surface area contributed by atoms with Crippen LogP contribution in [-0.2, 0) is 10.5 Å². The van der Waals surface area contributed by atoms with E-state index in [1.165, 1.54) is 31.6 Å². The van der Waals surface area contributed by atoms with E-state index in [9.17, 15) is 0 Å². The number of likely N-dealkylation sites (tertiary alicyclic amines) is 1. The average molecular weight is 264 g/mol. The van der Waals surface area contributed by atoms with Crippen molar-refractivity contribution in [1.82, 2.24) is 9.88 Å². The lowest BCUT2D eigenvalue weighted by atomic mass is 10.2. The molecule has 0 aromatic carbocycles. The summed E-state index contributed by atoms with van der Waals surface area (Å²) in [7, 11) is 0. The molecule has 2 fully saturated rings. The molecule has 4 heteroatoms. The summed E-state index contributed by atoms with van der Waals surface area (Å²) in [5.74, 6) is 1.04. The molecular weight excluding hydrogens is 244 g/mol. The minimum atomic E-state index is 0.686. The average Bonchev–Trinajstić information content (AvgIpc) is 3.08. The second kappa shape index (κ2) is 6.04. The van der Waals surface area contributed by atoms with E-state index in [1.54, 1.807) is 0 Å². The molecule has 0 bridgehead atoms. The number of hydrogen-bond donors (Lipinski definition) is 0. The maximum Gasteiger partial charge on any atom is 0.0622 e. The molecule has 0 radical (unpaired) electrons. The third-order valence-electron chi connectivity index (χ3n) is 3.79. The SMILES string of the molecule is c1ccc(CS[C@@H]2CCN(C3CCOC3)C2)nc1.